The van der Waals surface area contributed by atoms with Crippen LogP contribution in [0.5, 0.6) is 0 Å². The van der Waals surface area contributed by atoms with Gasteiger partial charge in [0.05, 0.1) is 12.6 Å². The van der Waals surface area contributed by atoms with Gasteiger partial charge in [0.15, 0.2) is 0 Å². The van der Waals surface area contributed by atoms with Crippen LogP contribution >= 0.6 is 0 Å². The maximum absolute atomic E-state index is 11.5. The number of hydrogen-bond acceptors (Lipinski definition) is 4. The van der Waals surface area contributed by atoms with E-state index in [1.54, 1.807) is 6.92 Å². The zero-order chi connectivity index (χ0) is 12.4. The van der Waals surface area contributed by atoms with Crippen LogP contribution in [-0.4, -0.2) is 29.3 Å². The molecule has 1 aromatic carbocycles. The van der Waals surface area contributed by atoms with Gasteiger partial charge in [-0.05, 0) is 24.6 Å². The number of benzene rings is 1. The van der Waals surface area contributed by atoms with Crippen molar-refractivity contribution in [1.29, 1.82) is 0 Å². The van der Waals surface area contributed by atoms with Crippen molar-refractivity contribution in [3.05, 3.63) is 29.8 Å². The van der Waals surface area contributed by atoms with Crippen LogP contribution in [0.3, 0.4) is 0 Å². The maximum atomic E-state index is 11.5. The SMILES string of the molecule is CC1C(=O)NC(=O)CN1Cc1ccc(N)cc1. The van der Waals surface area contributed by atoms with Crippen LogP contribution in [0.15, 0.2) is 24.3 Å². The van der Waals surface area contributed by atoms with E-state index in [-0.39, 0.29) is 24.4 Å². The molecule has 0 bridgehead atoms. The molecule has 1 unspecified atom stereocenters. The zero-order valence-electron chi connectivity index (χ0n) is 9.64. The molecule has 0 radical (unpaired) electrons. The molecule has 1 aliphatic rings. The van der Waals surface area contributed by atoms with Crippen LogP contribution in [0.4, 0.5) is 5.69 Å². The van der Waals surface area contributed by atoms with Crippen LogP contribution in [0.25, 0.3) is 0 Å². The summed E-state index contributed by atoms with van der Waals surface area (Å²) in [6.07, 6.45) is 0. The second kappa shape index (κ2) is 4.55. The average molecular weight is 233 g/mol. The monoisotopic (exact) mass is 233 g/mol. The number of piperazine rings is 1. The summed E-state index contributed by atoms with van der Waals surface area (Å²) in [5, 5.41) is 2.31. The van der Waals surface area contributed by atoms with Crippen molar-refractivity contribution in [3.63, 3.8) is 0 Å². The Labute approximate surface area is 99.6 Å². The van der Waals surface area contributed by atoms with E-state index in [0.717, 1.165) is 5.56 Å². The molecule has 5 nitrogen and oxygen atoms in total. The lowest BCUT2D eigenvalue weighted by Crippen LogP contribution is -2.56. The molecule has 3 N–H and O–H groups in total. The van der Waals surface area contributed by atoms with Gasteiger partial charge in [-0.15, -0.1) is 0 Å². The molecule has 1 atom stereocenters. The van der Waals surface area contributed by atoms with Crippen LogP contribution in [-0.2, 0) is 16.1 Å². The van der Waals surface area contributed by atoms with Crippen LogP contribution in [0.1, 0.15) is 12.5 Å². The maximum Gasteiger partial charge on any atom is 0.243 e. The smallest absolute Gasteiger partial charge is 0.243 e. The van der Waals surface area contributed by atoms with Crippen molar-refractivity contribution in [2.24, 2.45) is 0 Å². The predicted octanol–water partition coefficient (Wildman–Crippen LogP) is 0.116. The summed E-state index contributed by atoms with van der Waals surface area (Å²) in [6, 6.07) is 7.14. The Morgan fingerprint density at radius 3 is 2.65 bits per heavy atom. The van der Waals surface area contributed by atoms with E-state index in [0.29, 0.717) is 12.2 Å². The van der Waals surface area contributed by atoms with E-state index in [1.165, 1.54) is 0 Å². The predicted molar refractivity (Wildman–Crippen MR) is 63.9 cm³/mol. The van der Waals surface area contributed by atoms with Crippen molar-refractivity contribution in [2.75, 3.05) is 12.3 Å². The fraction of sp³-hybridized carbons (Fsp3) is 0.333. The Balaban J connectivity index is 2.09. The Morgan fingerprint density at radius 1 is 1.35 bits per heavy atom. The second-order valence-electron chi connectivity index (χ2n) is 4.23. The number of nitrogens with zero attached hydrogens (tertiary/aromatic N) is 1. The Bertz CT molecular complexity index is 442. The molecule has 1 aliphatic heterocycles. The van der Waals surface area contributed by atoms with Gasteiger partial charge in [0, 0.05) is 12.2 Å². The topological polar surface area (TPSA) is 75.4 Å². The van der Waals surface area contributed by atoms with Gasteiger partial charge >= 0.3 is 0 Å². The molecule has 1 fully saturated rings. The molecule has 1 saturated heterocycles. The molecule has 0 aliphatic carbocycles. The van der Waals surface area contributed by atoms with Crippen molar-refractivity contribution in [1.82, 2.24) is 10.2 Å². The molecule has 90 valence electrons. The van der Waals surface area contributed by atoms with E-state index in [2.05, 4.69) is 5.32 Å². The van der Waals surface area contributed by atoms with Crippen molar-refractivity contribution >= 4 is 17.5 Å². The lowest BCUT2D eigenvalue weighted by atomic mass is 10.1. The van der Waals surface area contributed by atoms with Crippen LogP contribution in [0, 0.1) is 0 Å². The molecule has 2 rings (SSSR count). The highest BCUT2D eigenvalue weighted by molar-refractivity contribution is 6.00. The average Bonchev–Trinajstić information content (AvgIpc) is 2.28. The largest absolute Gasteiger partial charge is 0.399 e. The highest BCUT2D eigenvalue weighted by Crippen LogP contribution is 2.12. The van der Waals surface area contributed by atoms with E-state index in [9.17, 15) is 9.59 Å². The lowest BCUT2D eigenvalue weighted by molar-refractivity contribution is -0.139. The summed E-state index contributed by atoms with van der Waals surface area (Å²) in [4.78, 5) is 24.6. The summed E-state index contributed by atoms with van der Waals surface area (Å²) in [7, 11) is 0. The van der Waals surface area contributed by atoms with Gasteiger partial charge in [-0.2, -0.15) is 0 Å². The fourth-order valence-corrected chi connectivity index (χ4v) is 1.82. The van der Waals surface area contributed by atoms with Gasteiger partial charge in [-0.3, -0.25) is 19.8 Å². The summed E-state index contributed by atoms with van der Waals surface area (Å²) in [6.45, 7) is 2.61. The number of carbonyl (C=O) groups is 2. The first-order chi connectivity index (χ1) is 8.06. The zero-order valence-corrected chi connectivity index (χ0v) is 9.64. The van der Waals surface area contributed by atoms with Crippen LogP contribution in [0.2, 0.25) is 0 Å². The third-order valence-corrected chi connectivity index (χ3v) is 2.90. The molecule has 1 heterocycles. The van der Waals surface area contributed by atoms with Crippen LogP contribution < -0.4 is 11.1 Å². The normalized spacial score (nSPS) is 21.4. The quantitative estimate of drug-likeness (QED) is 0.562. The van der Waals surface area contributed by atoms with E-state index < -0.39 is 0 Å². The summed E-state index contributed by atoms with van der Waals surface area (Å²) < 4.78 is 0. The third kappa shape index (κ3) is 2.62. The Morgan fingerprint density at radius 2 is 2.00 bits per heavy atom. The van der Waals surface area contributed by atoms with Gasteiger partial charge < -0.3 is 5.73 Å². The number of rotatable bonds is 2. The lowest BCUT2D eigenvalue weighted by Gasteiger charge is -2.31. The van der Waals surface area contributed by atoms with Crippen molar-refractivity contribution in [2.45, 2.75) is 19.5 Å². The number of nitrogen functional groups attached to an aromatic ring is 1. The number of nitrogens with two attached hydrogens (primary N) is 1. The third-order valence-electron chi connectivity index (χ3n) is 2.90. The molecule has 5 heteroatoms. The molecule has 2 amide bonds. The second-order valence-corrected chi connectivity index (χ2v) is 4.23. The van der Waals surface area contributed by atoms with E-state index in [4.69, 9.17) is 5.73 Å². The minimum Gasteiger partial charge on any atom is -0.399 e. The van der Waals surface area contributed by atoms with Gasteiger partial charge in [-0.25, -0.2) is 0 Å². The number of carbonyl (C=O) groups excluding carboxylic acids is 2. The molecular weight excluding hydrogens is 218 g/mol. The fourth-order valence-electron chi connectivity index (χ4n) is 1.82. The minimum atomic E-state index is -0.287. The van der Waals surface area contributed by atoms with Crippen molar-refractivity contribution in [3.8, 4) is 0 Å². The van der Waals surface area contributed by atoms with Gasteiger partial charge in [0.1, 0.15) is 0 Å². The summed E-state index contributed by atoms with van der Waals surface area (Å²) in [5.41, 5.74) is 7.34. The van der Waals surface area contributed by atoms with Crippen molar-refractivity contribution < 1.29 is 9.59 Å². The first-order valence-corrected chi connectivity index (χ1v) is 5.48. The first-order valence-electron chi connectivity index (χ1n) is 5.48. The number of hydrogen-bond donors (Lipinski definition) is 2. The highest BCUT2D eigenvalue weighted by Gasteiger charge is 2.29. The van der Waals surface area contributed by atoms with Gasteiger partial charge in [0.25, 0.3) is 0 Å². The molecule has 0 spiro atoms. The first kappa shape index (κ1) is 11.6. The number of anilines is 1. The molecular formula is C12H15N3O2. The molecule has 17 heavy (non-hydrogen) atoms. The summed E-state index contributed by atoms with van der Waals surface area (Å²) >= 11 is 0. The van der Waals surface area contributed by atoms with E-state index in [1.807, 2.05) is 29.2 Å². The summed E-state index contributed by atoms with van der Waals surface area (Å²) in [5.74, 6) is -0.486. The molecule has 1 aromatic rings. The minimum absolute atomic E-state index is 0.239. The number of amides is 2. The standard InChI is InChI=1S/C12H15N3O2/c1-8-12(17)14-11(16)7-15(8)6-9-2-4-10(13)5-3-9/h2-5,8H,6-7,13H2,1H3,(H,14,16,17). The Hall–Kier alpha value is -1.88. The highest BCUT2D eigenvalue weighted by atomic mass is 16.2. The van der Waals surface area contributed by atoms with Gasteiger partial charge in [-0.1, -0.05) is 12.1 Å². The van der Waals surface area contributed by atoms with E-state index >= 15 is 0 Å². The molecule has 0 saturated carbocycles. The number of nitrogens with one attached hydrogen (secondary N) is 1. The number of imide groups is 1. The molecule has 0 aromatic heterocycles. The van der Waals surface area contributed by atoms with Gasteiger partial charge in [0.2, 0.25) is 11.8 Å². The Kier molecular flexibility index (Phi) is 3.10.